The van der Waals surface area contributed by atoms with Crippen molar-refractivity contribution in [1.82, 2.24) is 4.98 Å². The van der Waals surface area contributed by atoms with E-state index in [4.69, 9.17) is 25.8 Å². The number of amides is 1. The molecule has 1 fully saturated rings. The van der Waals surface area contributed by atoms with Crippen molar-refractivity contribution in [1.29, 1.82) is 0 Å². The van der Waals surface area contributed by atoms with Crippen molar-refractivity contribution in [2.24, 2.45) is 0 Å². The van der Waals surface area contributed by atoms with E-state index in [2.05, 4.69) is 10.3 Å². The van der Waals surface area contributed by atoms with Crippen LogP contribution in [0.3, 0.4) is 0 Å². The number of nitrogens with zero attached hydrogens (tertiary/aromatic N) is 1. The molecule has 1 amide bonds. The lowest BCUT2D eigenvalue weighted by atomic mass is 10.1. The normalized spacial score (nSPS) is 14.8. The quantitative estimate of drug-likeness (QED) is 0.880. The predicted octanol–water partition coefficient (Wildman–Crippen LogP) is 3.55. The Morgan fingerprint density at radius 3 is 2.80 bits per heavy atom. The van der Waals surface area contributed by atoms with E-state index in [1.54, 1.807) is 25.3 Å². The Labute approximate surface area is 151 Å². The maximum atomic E-state index is 12.4. The number of hydrogen-bond donors (Lipinski definition) is 1. The highest BCUT2D eigenvalue weighted by molar-refractivity contribution is 6.32. The van der Waals surface area contributed by atoms with Gasteiger partial charge in [-0.2, -0.15) is 0 Å². The third kappa shape index (κ3) is 4.41. The zero-order valence-electron chi connectivity index (χ0n) is 13.8. The Hall–Kier alpha value is -2.31. The van der Waals surface area contributed by atoms with Gasteiger partial charge in [0, 0.05) is 19.0 Å². The topological polar surface area (TPSA) is 69.7 Å². The van der Waals surface area contributed by atoms with Crippen LogP contribution < -0.4 is 14.8 Å². The Morgan fingerprint density at radius 2 is 2.08 bits per heavy atom. The average molecular weight is 363 g/mol. The highest BCUT2D eigenvalue weighted by atomic mass is 35.5. The summed E-state index contributed by atoms with van der Waals surface area (Å²) in [5.41, 5.74) is 0.920. The minimum Gasteiger partial charge on any atom is -0.495 e. The summed E-state index contributed by atoms with van der Waals surface area (Å²) in [4.78, 5) is 16.6. The molecular formula is C18H19ClN2O4. The number of methoxy groups -OCH3 is 1. The molecule has 0 unspecified atom stereocenters. The van der Waals surface area contributed by atoms with E-state index in [-0.39, 0.29) is 12.0 Å². The molecule has 0 aliphatic carbocycles. The van der Waals surface area contributed by atoms with Gasteiger partial charge in [0.2, 0.25) is 5.88 Å². The van der Waals surface area contributed by atoms with Crippen molar-refractivity contribution in [3.8, 4) is 11.6 Å². The second-order valence-electron chi connectivity index (χ2n) is 5.59. The number of carbonyl (C=O) groups is 1. The van der Waals surface area contributed by atoms with Gasteiger partial charge in [0.15, 0.2) is 0 Å². The van der Waals surface area contributed by atoms with Gasteiger partial charge < -0.3 is 19.5 Å². The number of pyridine rings is 1. The van der Waals surface area contributed by atoms with E-state index in [1.165, 1.54) is 6.20 Å². The molecule has 1 aliphatic rings. The predicted molar refractivity (Wildman–Crippen MR) is 94.7 cm³/mol. The molecular weight excluding hydrogens is 344 g/mol. The summed E-state index contributed by atoms with van der Waals surface area (Å²) in [7, 11) is 1.55. The largest absolute Gasteiger partial charge is 0.495 e. The summed E-state index contributed by atoms with van der Waals surface area (Å²) in [5.74, 6) is 0.591. The lowest BCUT2D eigenvalue weighted by Crippen LogP contribution is -2.26. The molecule has 1 aromatic carbocycles. The molecule has 25 heavy (non-hydrogen) atoms. The molecule has 0 bridgehead atoms. The minimum atomic E-state index is -0.323. The van der Waals surface area contributed by atoms with Gasteiger partial charge in [0.25, 0.3) is 5.91 Å². The summed E-state index contributed by atoms with van der Waals surface area (Å²) < 4.78 is 16.3. The molecule has 7 heteroatoms. The maximum Gasteiger partial charge on any atom is 0.257 e. The van der Waals surface area contributed by atoms with E-state index in [9.17, 15) is 4.79 Å². The van der Waals surface area contributed by atoms with Crippen LogP contribution in [0.15, 0.2) is 36.5 Å². The standard InChI is InChI=1S/C18H19ClN2O4/c1-23-16-5-3-2-4-15(16)21-17(22)12-10-14(19)18(20-11-12)25-13-6-8-24-9-7-13/h2-5,10-11,13H,6-9H2,1H3,(H,21,22). The van der Waals surface area contributed by atoms with Crippen LogP contribution in [0.1, 0.15) is 23.2 Å². The van der Waals surface area contributed by atoms with E-state index < -0.39 is 0 Å². The SMILES string of the molecule is COc1ccccc1NC(=O)c1cnc(OC2CCOCC2)c(Cl)c1. The van der Waals surface area contributed by atoms with Crippen molar-refractivity contribution < 1.29 is 19.0 Å². The molecule has 1 saturated heterocycles. The first-order valence-corrected chi connectivity index (χ1v) is 8.39. The molecule has 0 atom stereocenters. The molecule has 2 aromatic rings. The lowest BCUT2D eigenvalue weighted by Gasteiger charge is -2.23. The van der Waals surface area contributed by atoms with Crippen LogP contribution in [0, 0.1) is 0 Å². The van der Waals surface area contributed by atoms with Gasteiger partial charge in [-0.05, 0) is 18.2 Å². The van der Waals surface area contributed by atoms with Crippen LogP contribution in [-0.2, 0) is 4.74 Å². The molecule has 3 rings (SSSR count). The van der Waals surface area contributed by atoms with Crippen molar-refractivity contribution >= 4 is 23.2 Å². The maximum absolute atomic E-state index is 12.4. The van der Waals surface area contributed by atoms with Gasteiger partial charge in [-0.3, -0.25) is 4.79 Å². The van der Waals surface area contributed by atoms with Crippen LogP contribution in [0.25, 0.3) is 0 Å². The number of rotatable bonds is 5. The first kappa shape index (κ1) is 17.5. The van der Waals surface area contributed by atoms with E-state index in [1.807, 2.05) is 12.1 Å². The third-order valence-corrected chi connectivity index (χ3v) is 4.14. The molecule has 6 nitrogen and oxygen atoms in total. The second-order valence-corrected chi connectivity index (χ2v) is 6.00. The highest BCUT2D eigenvalue weighted by Crippen LogP contribution is 2.27. The van der Waals surface area contributed by atoms with E-state index >= 15 is 0 Å². The van der Waals surface area contributed by atoms with Gasteiger partial charge in [0.05, 0.1) is 31.6 Å². The molecule has 132 valence electrons. The first-order valence-electron chi connectivity index (χ1n) is 8.01. The van der Waals surface area contributed by atoms with Crippen molar-refractivity contribution in [3.63, 3.8) is 0 Å². The second kappa shape index (κ2) is 8.18. The number of anilines is 1. The summed E-state index contributed by atoms with van der Waals surface area (Å²) in [5, 5.41) is 3.09. The summed E-state index contributed by atoms with van der Waals surface area (Å²) in [6.45, 7) is 1.34. The molecule has 0 saturated carbocycles. The van der Waals surface area contributed by atoms with Gasteiger partial charge >= 0.3 is 0 Å². The number of benzene rings is 1. The summed E-state index contributed by atoms with van der Waals surface area (Å²) in [6, 6.07) is 8.72. The summed E-state index contributed by atoms with van der Waals surface area (Å²) in [6.07, 6.45) is 3.08. The van der Waals surface area contributed by atoms with E-state index in [0.717, 1.165) is 12.8 Å². The molecule has 0 spiro atoms. The smallest absolute Gasteiger partial charge is 0.257 e. The first-order chi connectivity index (χ1) is 12.2. The van der Waals surface area contributed by atoms with Crippen LogP contribution in [-0.4, -0.2) is 37.3 Å². The Balaban J connectivity index is 1.70. The van der Waals surface area contributed by atoms with Gasteiger partial charge in [-0.25, -0.2) is 4.98 Å². The number of nitrogens with one attached hydrogen (secondary N) is 1. The number of halogens is 1. The van der Waals surface area contributed by atoms with Crippen molar-refractivity contribution in [3.05, 3.63) is 47.1 Å². The molecule has 1 N–H and O–H groups in total. The molecule has 1 aliphatic heterocycles. The van der Waals surface area contributed by atoms with E-state index in [0.29, 0.717) is 41.1 Å². The van der Waals surface area contributed by atoms with Gasteiger partial charge in [0.1, 0.15) is 16.9 Å². The number of carbonyl (C=O) groups excluding carboxylic acids is 1. The van der Waals surface area contributed by atoms with Gasteiger partial charge in [-0.1, -0.05) is 23.7 Å². The highest BCUT2D eigenvalue weighted by Gasteiger charge is 2.19. The van der Waals surface area contributed by atoms with Crippen molar-refractivity contribution in [2.75, 3.05) is 25.6 Å². The number of aromatic nitrogens is 1. The van der Waals surface area contributed by atoms with Crippen LogP contribution in [0.2, 0.25) is 5.02 Å². The summed E-state index contributed by atoms with van der Waals surface area (Å²) >= 11 is 6.23. The minimum absolute atomic E-state index is 0.0343. The van der Waals surface area contributed by atoms with Gasteiger partial charge in [-0.15, -0.1) is 0 Å². The fourth-order valence-corrected chi connectivity index (χ4v) is 2.74. The fraction of sp³-hybridized carbons (Fsp3) is 0.333. The zero-order valence-corrected chi connectivity index (χ0v) is 14.6. The molecule has 1 aromatic heterocycles. The number of hydrogen-bond acceptors (Lipinski definition) is 5. The zero-order chi connectivity index (χ0) is 17.6. The number of ether oxygens (including phenoxy) is 3. The fourth-order valence-electron chi connectivity index (χ4n) is 2.53. The Morgan fingerprint density at radius 1 is 1.32 bits per heavy atom. The third-order valence-electron chi connectivity index (χ3n) is 3.87. The molecule has 2 heterocycles. The molecule has 0 radical (unpaired) electrons. The monoisotopic (exact) mass is 362 g/mol. The average Bonchev–Trinajstić information content (AvgIpc) is 2.64. The Kier molecular flexibility index (Phi) is 5.73. The Bertz CT molecular complexity index is 748. The number of para-hydroxylation sites is 2. The lowest BCUT2D eigenvalue weighted by molar-refractivity contribution is 0.0238. The van der Waals surface area contributed by atoms with Crippen molar-refractivity contribution in [2.45, 2.75) is 18.9 Å². The van der Waals surface area contributed by atoms with Crippen LogP contribution in [0.4, 0.5) is 5.69 Å². The van der Waals surface area contributed by atoms with Crippen LogP contribution >= 0.6 is 11.6 Å². The van der Waals surface area contributed by atoms with Crippen LogP contribution in [0.5, 0.6) is 11.6 Å².